The van der Waals surface area contributed by atoms with E-state index in [1.54, 1.807) is 28.4 Å². The Kier molecular flexibility index (Phi) is 18.4. The number of esters is 2. The molecule has 1 heterocycles. The van der Waals surface area contributed by atoms with Gasteiger partial charge in [-0.3, -0.25) is 0 Å². The van der Waals surface area contributed by atoms with Gasteiger partial charge in [0.2, 0.25) is 0 Å². The second kappa shape index (κ2) is 22.8. The molecule has 62 heavy (non-hydrogen) atoms. The molecule has 8 bridgehead atoms. The van der Waals surface area contributed by atoms with Gasteiger partial charge in [-0.25, -0.2) is 0 Å². The van der Waals surface area contributed by atoms with Crippen molar-refractivity contribution in [3.05, 3.63) is 115 Å². The Morgan fingerprint density at radius 2 is 0.629 bits per heavy atom. The summed E-state index contributed by atoms with van der Waals surface area (Å²) < 4.78 is 35.9. The monoisotopic (exact) mass is 1110 g/mol. The predicted molar refractivity (Wildman–Crippen MR) is 254 cm³/mol. The molecular weight excluding hydrogens is 1040 g/mol. The van der Waals surface area contributed by atoms with E-state index in [0.717, 1.165) is 87.8 Å². The van der Waals surface area contributed by atoms with Crippen LogP contribution in [0.2, 0.25) is 0 Å². The van der Waals surface area contributed by atoms with Gasteiger partial charge in [0.05, 0.1) is 0 Å². The molecule has 0 saturated carbocycles. The Morgan fingerprint density at radius 3 is 0.806 bits per heavy atom. The zero-order chi connectivity index (χ0) is 45.2. The zero-order valence-corrected chi connectivity index (χ0v) is 45.4. The van der Waals surface area contributed by atoms with Crippen LogP contribution < -0.4 is 18.9 Å². The van der Waals surface area contributed by atoms with Crippen molar-refractivity contribution in [3.63, 3.8) is 0 Å². The Hall–Kier alpha value is -2.90. The van der Waals surface area contributed by atoms with Crippen LogP contribution in [0.3, 0.4) is 0 Å². The Balaban J connectivity index is 1.65. The van der Waals surface area contributed by atoms with Gasteiger partial charge < -0.3 is 0 Å². The second-order valence-corrected chi connectivity index (χ2v) is 25.5. The van der Waals surface area contributed by atoms with E-state index in [1.165, 1.54) is 33.4 Å². The van der Waals surface area contributed by atoms with Crippen molar-refractivity contribution in [2.24, 2.45) is 0 Å². The molecule has 0 radical (unpaired) electrons. The fourth-order valence-electron chi connectivity index (χ4n) is 7.54. The fraction of sp³-hybridized carbons (Fsp3) is 0.480. The van der Waals surface area contributed by atoms with E-state index in [2.05, 4.69) is 65.8 Å². The van der Waals surface area contributed by atoms with Crippen LogP contribution in [0.1, 0.15) is 132 Å². The first-order valence-corrected chi connectivity index (χ1v) is 30.7. The standard InChI is InChI=1S/C50H64O8Se4/c1-13-57-47(51)31-15-33-23-59-27-37-19-41(49(3,4)5)21-39(45(37)55-11)29-61-25-35-17-32(48(52)58-14-2)18-36(44(35)54-10)26-62-30-40-22-42(50(6,7)8)20-38(46(40)56-12)28-60-24-34(16-31)43(33)53-9/h15-22H,13-14,23-30H2,1-12H3. The van der Waals surface area contributed by atoms with Gasteiger partial charge in [-0.05, 0) is 0 Å². The average molecular weight is 1110 g/mol. The summed E-state index contributed by atoms with van der Waals surface area (Å²) >= 11 is 0.496. The van der Waals surface area contributed by atoms with E-state index in [0.29, 0.717) is 24.3 Å². The van der Waals surface area contributed by atoms with Gasteiger partial charge >= 0.3 is 398 Å². The molecule has 336 valence electrons. The van der Waals surface area contributed by atoms with E-state index in [1.807, 2.05) is 38.1 Å². The van der Waals surface area contributed by atoms with Crippen LogP contribution in [0, 0.1) is 0 Å². The molecule has 4 aromatic carbocycles. The molecule has 4 aromatic rings. The van der Waals surface area contributed by atoms with Gasteiger partial charge in [0, 0.05) is 0 Å². The molecule has 0 unspecified atom stereocenters. The molecule has 0 amide bonds. The number of hydrogen-bond donors (Lipinski definition) is 0. The van der Waals surface area contributed by atoms with Crippen molar-refractivity contribution in [2.75, 3.05) is 41.7 Å². The first kappa shape index (κ1) is 50.1. The quantitative estimate of drug-likeness (QED) is 0.128. The molecule has 0 aliphatic carbocycles. The molecule has 0 N–H and O–H groups in total. The summed E-state index contributed by atoms with van der Waals surface area (Å²) in [4.78, 5) is 26.6. The van der Waals surface area contributed by atoms with Gasteiger partial charge in [0.25, 0.3) is 0 Å². The summed E-state index contributed by atoms with van der Waals surface area (Å²) in [7, 11) is 7.06. The molecule has 8 nitrogen and oxygen atoms in total. The molecule has 12 heteroatoms. The number of benzene rings is 4. The molecule has 1 aliphatic heterocycles. The molecule has 0 spiro atoms. The topological polar surface area (TPSA) is 89.5 Å². The average Bonchev–Trinajstić information content (AvgIpc) is 3.22. The van der Waals surface area contributed by atoms with Crippen LogP contribution in [0.15, 0.2) is 48.5 Å². The Labute approximate surface area is 395 Å². The number of hydrogen-bond acceptors (Lipinski definition) is 8. The van der Waals surface area contributed by atoms with Gasteiger partial charge in [0.1, 0.15) is 0 Å². The number of rotatable bonds is 8. The number of carbonyl (C=O) groups excluding carboxylic acids is 2. The first-order chi connectivity index (χ1) is 29.6. The van der Waals surface area contributed by atoms with E-state index in [9.17, 15) is 9.59 Å². The predicted octanol–water partition coefficient (Wildman–Crippen LogP) is 8.60. The maximum absolute atomic E-state index is 13.3. The first-order valence-electron chi connectivity index (χ1n) is 21.0. The number of ether oxygens (including phenoxy) is 6. The van der Waals surface area contributed by atoms with Crippen molar-refractivity contribution < 1.29 is 38.0 Å². The normalized spacial score (nSPS) is 14.3. The molecule has 1 aliphatic rings. The van der Waals surface area contributed by atoms with Crippen molar-refractivity contribution in [3.8, 4) is 23.0 Å². The van der Waals surface area contributed by atoms with Crippen LogP contribution in [-0.2, 0) is 62.9 Å². The van der Waals surface area contributed by atoms with Crippen LogP contribution >= 0.6 is 0 Å². The minimum atomic E-state index is -0.302. The van der Waals surface area contributed by atoms with Crippen LogP contribution in [0.25, 0.3) is 0 Å². The number of carbonyl (C=O) groups is 2. The van der Waals surface area contributed by atoms with Crippen molar-refractivity contribution in [1.82, 2.24) is 0 Å². The van der Waals surface area contributed by atoms with Crippen molar-refractivity contribution >= 4 is 71.8 Å². The SMILES string of the molecule is CCOC(=O)c1cc2c(OC)c(c1)C[Se]Cc1cc(C(C)(C)C)cc(c1OC)C[Se]Cc1cc(C(=O)OCC)cc(c1OC)C[Se]Cc1cc(C(C)(C)C)cc(c1OC)C[Se]C2. The Bertz CT molecular complexity index is 1950. The maximum atomic E-state index is 13.3. The molecule has 0 fully saturated rings. The summed E-state index contributed by atoms with van der Waals surface area (Å²) in [5, 5.41) is 6.60. The molecule has 5 rings (SSSR count). The zero-order valence-electron chi connectivity index (χ0n) is 38.6. The summed E-state index contributed by atoms with van der Waals surface area (Å²) in [5.74, 6) is 3.05. The summed E-state index contributed by atoms with van der Waals surface area (Å²) in [5.41, 5.74) is 12.6. The van der Waals surface area contributed by atoms with E-state index < -0.39 is 0 Å². The van der Waals surface area contributed by atoms with E-state index in [-0.39, 0.29) is 82.6 Å². The molecule has 0 aromatic heterocycles. The van der Waals surface area contributed by atoms with Crippen LogP contribution in [0.5, 0.6) is 23.0 Å². The second-order valence-electron chi connectivity index (χ2n) is 17.2. The third-order valence-electron chi connectivity index (χ3n) is 10.6. The van der Waals surface area contributed by atoms with E-state index >= 15 is 0 Å². The van der Waals surface area contributed by atoms with Gasteiger partial charge in [-0.15, -0.1) is 0 Å². The molecule has 0 saturated heterocycles. The van der Waals surface area contributed by atoms with Gasteiger partial charge in [-0.2, -0.15) is 0 Å². The van der Waals surface area contributed by atoms with Gasteiger partial charge in [-0.1, -0.05) is 0 Å². The van der Waals surface area contributed by atoms with Gasteiger partial charge in [0.15, 0.2) is 0 Å². The van der Waals surface area contributed by atoms with Crippen LogP contribution in [-0.4, -0.2) is 113 Å². The van der Waals surface area contributed by atoms with Crippen molar-refractivity contribution in [1.29, 1.82) is 0 Å². The summed E-state index contributed by atoms with van der Waals surface area (Å²) in [6.07, 6.45) is 0. The van der Waals surface area contributed by atoms with E-state index in [4.69, 9.17) is 28.4 Å². The van der Waals surface area contributed by atoms with Crippen LogP contribution in [0.4, 0.5) is 0 Å². The molecule has 0 atom stereocenters. The number of fused-ring (bicyclic) bond motifs is 8. The minimum absolute atomic E-state index is 0.0568. The summed E-state index contributed by atoms with van der Waals surface area (Å²) in [6.45, 7) is 17.9. The third kappa shape index (κ3) is 12.7. The number of methoxy groups -OCH3 is 4. The molecular formula is C50H64O8Se4. The summed E-state index contributed by atoms with van der Waals surface area (Å²) in [6, 6.07) is 17.2. The fourth-order valence-corrected chi connectivity index (χ4v) is 15.7. The Morgan fingerprint density at radius 1 is 0.419 bits per heavy atom. The third-order valence-corrected chi connectivity index (χ3v) is 19.2. The van der Waals surface area contributed by atoms with Crippen molar-refractivity contribution in [2.45, 2.75) is 109 Å².